The number of rotatable bonds is 8. The maximum Gasteiger partial charge on any atom is 0.416 e. The second-order valence-electron chi connectivity index (χ2n) is 9.04. The van der Waals surface area contributed by atoms with Crippen molar-refractivity contribution in [3.05, 3.63) is 65.4 Å². The van der Waals surface area contributed by atoms with E-state index >= 15 is 0 Å². The zero-order chi connectivity index (χ0) is 24.2. The number of halogens is 3. The average molecular weight is 476 g/mol. The quantitative estimate of drug-likeness (QED) is 0.385. The van der Waals surface area contributed by atoms with Crippen molar-refractivity contribution in [2.24, 2.45) is 0 Å². The number of hydrogen-bond donors (Lipinski definition) is 1. The molecule has 0 unspecified atom stereocenters. The van der Waals surface area contributed by atoms with Crippen molar-refractivity contribution >= 4 is 13.9 Å². The molecule has 9 heteroatoms. The highest BCUT2D eigenvalue weighted by Gasteiger charge is 2.32. The summed E-state index contributed by atoms with van der Waals surface area (Å²) >= 11 is 0. The van der Waals surface area contributed by atoms with E-state index in [0.29, 0.717) is 23.4 Å². The van der Waals surface area contributed by atoms with E-state index in [1.807, 2.05) is 30.3 Å². The van der Waals surface area contributed by atoms with Crippen LogP contribution in [0.1, 0.15) is 16.7 Å². The second kappa shape index (κ2) is 9.82. The molecule has 3 rings (SSSR count). The SMILES string of the molecule is Cc1cc(C(F)(F)F)cc(OCC[Si](C)(C)C)c1-c1cnc(OCc2ccccc2)c(N)n1. The minimum absolute atomic E-state index is 0.0516. The van der Waals surface area contributed by atoms with Gasteiger partial charge in [0.25, 0.3) is 5.88 Å². The standard InChI is InChI=1S/C24H28F3N3O2Si/c1-16-12-18(24(25,26)27)13-20(31-10-11-33(2,3)4)21(16)19-14-29-23(22(28)30-19)32-15-17-8-6-5-7-9-17/h5-9,12-14H,10-11,15H2,1-4H3,(H2,28,30). The van der Waals surface area contributed by atoms with Crippen molar-refractivity contribution < 1.29 is 22.6 Å². The minimum Gasteiger partial charge on any atom is -0.493 e. The molecule has 1 heterocycles. The van der Waals surface area contributed by atoms with Crippen molar-refractivity contribution in [2.45, 2.75) is 45.4 Å². The Balaban J connectivity index is 1.92. The Morgan fingerprint density at radius 2 is 1.73 bits per heavy atom. The van der Waals surface area contributed by atoms with Crippen LogP contribution in [-0.4, -0.2) is 24.6 Å². The highest BCUT2D eigenvalue weighted by Crippen LogP contribution is 2.40. The van der Waals surface area contributed by atoms with Crippen molar-refractivity contribution in [3.63, 3.8) is 0 Å². The molecule has 0 amide bonds. The summed E-state index contributed by atoms with van der Waals surface area (Å²) in [6, 6.07) is 12.4. The lowest BCUT2D eigenvalue weighted by Gasteiger charge is -2.20. The fraction of sp³-hybridized carbons (Fsp3) is 0.333. The molecular formula is C24H28F3N3O2Si. The average Bonchev–Trinajstić information content (AvgIpc) is 2.72. The smallest absolute Gasteiger partial charge is 0.416 e. The van der Waals surface area contributed by atoms with E-state index in [4.69, 9.17) is 15.2 Å². The van der Waals surface area contributed by atoms with Gasteiger partial charge in [0, 0.05) is 13.6 Å². The van der Waals surface area contributed by atoms with Crippen LogP contribution in [0.2, 0.25) is 25.7 Å². The van der Waals surface area contributed by atoms with Crippen LogP contribution >= 0.6 is 0 Å². The summed E-state index contributed by atoms with van der Waals surface area (Å²) in [6.07, 6.45) is -3.04. The van der Waals surface area contributed by atoms with E-state index in [1.54, 1.807) is 6.92 Å². The van der Waals surface area contributed by atoms with Crippen LogP contribution in [0.5, 0.6) is 11.6 Å². The summed E-state index contributed by atoms with van der Waals surface area (Å²) in [6.45, 7) is 8.71. The zero-order valence-electron chi connectivity index (χ0n) is 19.2. The molecule has 33 heavy (non-hydrogen) atoms. The van der Waals surface area contributed by atoms with Gasteiger partial charge in [-0.2, -0.15) is 13.2 Å². The molecule has 2 aromatic carbocycles. The monoisotopic (exact) mass is 475 g/mol. The predicted molar refractivity (Wildman–Crippen MR) is 126 cm³/mol. The van der Waals surface area contributed by atoms with Gasteiger partial charge in [-0.05, 0) is 36.2 Å². The van der Waals surface area contributed by atoms with Gasteiger partial charge in [-0.25, -0.2) is 9.97 Å². The van der Waals surface area contributed by atoms with E-state index in [9.17, 15) is 13.2 Å². The number of nitrogen functional groups attached to an aromatic ring is 1. The molecule has 0 fully saturated rings. The molecule has 0 radical (unpaired) electrons. The lowest BCUT2D eigenvalue weighted by molar-refractivity contribution is -0.137. The van der Waals surface area contributed by atoms with Crippen LogP contribution in [0.15, 0.2) is 48.7 Å². The summed E-state index contributed by atoms with van der Waals surface area (Å²) in [4.78, 5) is 8.63. The lowest BCUT2D eigenvalue weighted by atomic mass is 10.0. The first-order valence-corrected chi connectivity index (χ1v) is 14.3. The van der Waals surface area contributed by atoms with Crippen LogP contribution in [0.3, 0.4) is 0 Å². The molecule has 0 aliphatic carbocycles. The zero-order valence-corrected chi connectivity index (χ0v) is 20.2. The van der Waals surface area contributed by atoms with E-state index < -0.39 is 19.8 Å². The summed E-state index contributed by atoms with van der Waals surface area (Å²) in [5.74, 6) is 0.330. The first kappa shape index (κ1) is 24.6. The summed E-state index contributed by atoms with van der Waals surface area (Å²) in [7, 11) is -1.44. The van der Waals surface area contributed by atoms with Crippen LogP contribution in [0.25, 0.3) is 11.3 Å². The number of benzene rings is 2. The number of nitrogens with zero attached hydrogens (tertiary/aromatic N) is 2. The largest absolute Gasteiger partial charge is 0.493 e. The number of aromatic nitrogens is 2. The van der Waals surface area contributed by atoms with Gasteiger partial charge in [-0.3, -0.25) is 0 Å². The predicted octanol–water partition coefficient (Wildman–Crippen LogP) is 6.35. The molecule has 0 aliphatic heterocycles. The summed E-state index contributed by atoms with van der Waals surface area (Å²) < 4.78 is 51.8. The summed E-state index contributed by atoms with van der Waals surface area (Å²) in [5, 5.41) is 0. The van der Waals surface area contributed by atoms with Gasteiger partial charge in [0.15, 0.2) is 5.82 Å². The highest BCUT2D eigenvalue weighted by atomic mass is 28.3. The van der Waals surface area contributed by atoms with E-state index in [0.717, 1.165) is 23.7 Å². The van der Waals surface area contributed by atoms with Gasteiger partial charge in [0.2, 0.25) is 0 Å². The molecule has 5 nitrogen and oxygen atoms in total. The lowest BCUT2D eigenvalue weighted by Crippen LogP contribution is -2.22. The normalized spacial score (nSPS) is 12.0. The van der Waals surface area contributed by atoms with Gasteiger partial charge >= 0.3 is 6.18 Å². The van der Waals surface area contributed by atoms with Gasteiger partial charge in [-0.15, -0.1) is 0 Å². The van der Waals surface area contributed by atoms with Crippen LogP contribution in [0.4, 0.5) is 19.0 Å². The van der Waals surface area contributed by atoms with Gasteiger partial charge in [0.05, 0.1) is 24.1 Å². The fourth-order valence-corrected chi connectivity index (χ4v) is 3.89. The van der Waals surface area contributed by atoms with E-state index in [-0.39, 0.29) is 24.1 Å². The number of nitrogens with two attached hydrogens (primary N) is 1. The van der Waals surface area contributed by atoms with Crippen LogP contribution < -0.4 is 15.2 Å². The third-order valence-electron chi connectivity index (χ3n) is 4.97. The molecule has 0 aliphatic rings. The molecule has 1 aromatic heterocycles. The maximum absolute atomic E-state index is 13.4. The molecule has 0 spiro atoms. The molecule has 176 valence electrons. The summed E-state index contributed by atoms with van der Waals surface area (Å²) in [5.41, 5.74) is 7.38. The van der Waals surface area contributed by atoms with Gasteiger partial charge < -0.3 is 15.2 Å². The Hall–Kier alpha value is -3.07. The molecule has 0 saturated heterocycles. The molecule has 3 aromatic rings. The Bertz CT molecular complexity index is 1100. The third kappa shape index (κ3) is 6.71. The third-order valence-corrected chi connectivity index (χ3v) is 6.68. The fourth-order valence-electron chi connectivity index (χ4n) is 3.18. The molecular weight excluding hydrogens is 447 g/mol. The van der Waals surface area contributed by atoms with Gasteiger partial charge in [-0.1, -0.05) is 50.0 Å². The molecule has 0 bridgehead atoms. The highest BCUT2D eigenvalue weighted by molar-refractivity contribution is 6.76. The Kier molecular flexibility index (Phi) is 7.31. The number of aryl methyl sites for hydroxylation is 1. The van der Waals surface area contributed by atoms with E-state index in [1.165, 1.54) is 6.20 Å². The van der Waals surface area contributed by atoms with Crippen molar-refractivity contribution in [2.75, 3.05) is 12.3 Å². The number of hydrogen-bond acceptors (Lipinski definition) is 5. The second-order valence-corrected chi connectivity index (χ2v) is 14.7. The van der Waals surface area contributed by atoms with E-state index in [2.05, 4.69) is 29.6 Å². The minimum atomic E-state index is -4.49. The molecule has 0 saturated carbocycles. The van der Waals surface area contributed by atoms with Crippen LogP contribution in [0, 0.1) is 6.92 Å². The Morgan fingerprint density at radius 1 is 1.03 bits per heavy atom. The maximum atomic E-state index is 13.4. The van der Waals surface area contributed by atoms with Crippen molar-refractivity contribution in [1.29, 1.82) is 0 Å². The van der Waals surface area contributed by atoms with Crippen molar-refractivity contribution in [1.82, 2.24) is 9.97 Å². The number of alkyl halides is 3. The molecule has 2 N–H and O–H groups in total. The topological polar surface area (TPSA) is 70.3 Å². The first-order valence-electron chi connectivity index (χ1n) is 10.6. The van der Waals surface area contributed by atoms with Gasteiger partial charge in [0.1, 0.15) is 12.4 Å². The molecule has 0 atom stereocenters. The van der Waals surface area contributed by atoms with Crippen molar-refractivity contribution in [3.8, 4) is 22.9 Å². The Morgan fingerprint density at radius 3 is 2.33 bits per heavy atom. The number of anilines is 1. The first-order chi connectivity index (χ1) is 15.4. The number of ether oxygens (including phenoxy) is 2. The van der Waals surface area contributed by atoms with Crippen LogP contribution in [-0.2, 0) is 12.8 Å². The Labute approximate surface area is 192 Å².